The number of fused-ring (bicyclic) bond motifs is 1. The first kappa shape index (κ1) is 17.7. The molecule has 0 saturated carbocycles. The minimum Gasteiger partial charge on any atom is -0.324 e. The molecule has 3 rings (SSSR count). The van der Waals surface area contributed by atoms with E-state index in [1.807, 2.05) is 0 Å². The van der Waals surface area contributed by atoms with Gasteiger partial charge >= 0.3 is 5.97 Å². The molecule has 0 radical (unpaired) electrons. The Labute approximate surface area is 147 Å². The van der Waals surface area contributed by atoms with Gasteiger partial charge in [-0.1, -0.05) is 24.1 Å². The van der Waals surface area contributed by atoms with Gasteiger partial charge in [-0.2, -0.15) is 0 Å². The van der Waals surface area contributed by atoms with E-state index < -0.39 is 39.0 Å². The molecule has 2 aromatic carbocycles. The van der Waals surface area contributed by atoms with Crippen LogP contribution in [0, 0.1) is 5.82 Å². The van der Waals surface area contributed by atoms with Crippen LogP contribution in [-0.2, 0) is 14.7 Å². The fourth-order valence-electron chi connectivity index (χ4n) is 2.40. The van der Waals surface area contributed by atoms with Crippen LogP contribution in [0.3, 0.4) is 0 Å². The number of rotatable bonds is 4. The van der Waals surface area contributed by atoms with Gasteiger partial charge in [0.2, 0.25) is 0 Å². The Morgan fingerprint density at radius 2 is 1.65 bits per heavy atom. The van der Waals surface area contributed by atoms with E-state index >= 15 is 0 Å². The van der Waals surface area contributed by atoms with Gasteiger partial charge in [0, 0.05) is 0 Å². The molecule has 9 heteroatoms. The largest absolute Gasteiger partial charge is 0.366 e. The molecule has 0 bridgehead atoms. The van der Waals surface area contributed by atoms with Crippen LogP contribution in [0.25, 0.3) is 0 Å². The van der Waals surface area contributed by atoms with E-state index in [4.69, 9.17) is 4.84 Å². The lowest BCUT2D eigenvalue weighted by atomic mass is 10.1. The van der Waals surface area contributed by atoms with Gasteiger partial charge in [0.1, 0.15) is 5.82 Å². The molecule has 0 spiro atoms. The molecule has 1 aliphatic rings. The maximum atomic E-state index is 14.0. The average Bonchev–Trinajstić information content (AvgIpc) is 2.87. The van der Waals surface area contributed by atoms with E-state index in [9.17, 15) is 27.2 Å². The summed E-state index contributed by atoms with van der Waals surface area (Å²) < 4.78 is 37.7. The van der Waals surface area contributed by atoms with E-state index in [1.54, 1.807) is 0 Å². The second kappa shape index (κ2) is 6.34. The van der Waals surface area contributed by atoms with Crippen LogP contribution in [0.5, 0.6) is 0 Å². The monoisotopic (exact) mass is 377 g/mol. The molecule has 0 N–H and O–H groups in total. The molecular formula is C17H12FNO6S. The second-order valence-electron chi connectivity index (χ2n) is 5.37. The van der Waals surface area contributed by atoms with E-state index in [-0.39, 0.29) is 26.8 Å². The summed E-state index contributed by atoms with van der Waals surface area (Å²) in [5, 5.41) is 0.230. The van der Waals surface area contributed by atoms with Gasteiger partial charge in [-0.3, -0.25) is 9.59 Å². The summed E-state index contributed by atoms with van der Waals surface area (Å²) in [4.78, 5) is 41.0. The first-order chi connectivity index (χ1) is 12.3. The Morgan fingerprint density at radius 1 is 1.08 bits per heavy atom. The second-order valence-corrected chi connectivity index (χ2v) is 7.65. The van der Waals surface area contributed by atoms with Crippen molar-refractivity contribution in [3.8, 4) is 0 Å². The van der Waals surface area contributed by atoms with E-state index in [1.165, 1.54) is 31.2 Å². The minimum atomic E-state index is -3.69. The predicted octanol–water partition coefficient (Wildman–Crippen LogP) is 1.99. The average molecular weight is 377 g/mol. The van der Waals surface area contributed by atoms with E-state index in [0.29, 0.717) is 0 Å². The third-order valence-electron chi connectivity index (χ3n) is 3.83. The molecule has 7 nitrogen and oxygen atoms in total. The van der Waals surface area contributed by atoms with Crippen molar-refractivity contribution < 1.29 is 32.0 Å². The summed E-state index contributed by atoms with van der Waals surface area (Å²) in [6, 6.07) is 8.49. The summed E-state index contributed by atoms with van der Waals surface area (Å²) in [6.07, 6.45) is 0. The first-order valence-corrected chi connectivity index (χ1v) is 9.14. The number of benzene rings is 2. The highest BCUT2D eigenvalue weighted by molar-refractivity contribution is 7.91. The van der Waals surface area contributed by atoms with Crippen LogP contribution >= 0.6 is 0 Å². The van der Waals surface area contributed by atoms with Gasteiger partial charge in [-0.05, 0) is 30.3 Å². The summed E-state index contributed by atoms with van der Waals surface area (Å²) in [5.41, 5.74) is -0.600. The molecule has 26 heavy (non-hydrogen) atoms. The lowest BCUT2D eigenvalue weighted by Crippen LogP contribution is -2.33. The van der Waals surface area contributed by atoms with Gasteiger partial charge in [-0.15, -0.1) is 0 Å². The highest BCUT2D eigenvalue weighted by Gasteiger charge is 2.39. The predicted molar refractivity (Wildman–Crippen MR) is 86.5 cm³/mol. The zero-order chi connectivity index (χ0) is 19.1. The van der Waals surface area contributed by atoms with Gasteiger partial charge in [0.25, 0.3) is 11.8 Å². The Morgan fingerprint density at radius 3 is 2.19 bits per heavy atom. The number of nitrogens with zero attached hydrogens (tertiary/aromatic N) is 1. The number of sulfone groups is 1. The maximum Gasteiger partial charge on any atom is 0.366 e. The van der Waals surface area contributed by atoms with Crippen molar-refractivity contribution >= 4 is 27.6 Å². The maximum absolute atomic E-state index is 14.0. The quantitative estimate of drug-likeness (QED) is 0.597. The molecule has 1 aliphatic heterocycles. The summed E-state index contributed by atoms with van der Waals surface area (Å²) in [5.74, 6) is -4.37. The van der Waals surface area contributed by atoms with Crippen LogP contribution < -0.4 is 0 Å². The summed E-state index contributed by atoms with van der Waals surface area (Å²) >= 11 is 0. The third-order valence-corrected chi connectivity index (χ3v) is 5.56. The number of carbonyl (C=O) groups excluding carboxylic acids is 3. The van der Waals surface area contributed by atoms with Crippen LogP contribution in [0.1, 0.15) is 38.0 Å². The highest BCUT2D eigenvalue weighted by Crippen LogP contribution is 2.24. The molecule has 1 heterocycles. The molecule has 2 aromatic rings. The smallest absolute Gasteiger partial charge is 0.324 e. The topological polar surface area (TPSA) is 97.8 Å². The SMILES string of the molecule is CCS(=O)(=O)c1ccc(F)c(C(=O)ON2C(=O)c3ccccc3C2=O)c1. The minimum absolute atomic E-state index is 0.0492. The number of halogens is 1. The normalized spacial score (nSPS) is 13.7. The van der Waals surface area contributed by atoms with E-state index in [2.05, 4.69) is 0 Å². The van der Waals surface area contributed by atoms with Crippen molar-refractivity contribution in [3.05, 3.63) is 65.0 Å². The fraction of sp³-hybridized carbons (Fsp3) is 0.118. The van der Waals surface area contributed by atoms with Crippen molar-refractivity contribution in [3.63, 3.8) is 0 Å². The van der Waals surface area contributed by atoms with Gasteiger partial charge in [0.15, 0.2) is 9.84 Å². The number of hydroxylamine groups is 2. The number of imide groups is 1. The lowest BCUT2D eigenvalue weighted by Gasteiger charge is -2.13. The molecule has 0 fully saturated rings. The zero-order valence-electron chi connectivity index (χ0n) is 13.4. The van der Waals surface area contributed by atoms with Gasteiger partial charge < -0.3 is 4.84 Å². The van der Waals surface area contributed by atoms with Gasteiger partial charge in [0.05, 0.1) is 27.3 Å². The number of amides is 2. The third kappa shape index (κ3) is 2.86. The van der Waals surface area contributed by atoms with Crippen molar-refractivity contribution in [2.45, 2.75) is 11.8 Å². The molecular weight excluding hydrogens is 365 g/mol. The molecule has 0 unspecified atom stereocenters. The Kier molecular flexibility index (Phi) is 4.33. The van der Waals surface area contributed by atoms with E-state index in [0.717, 1.165) is 18.2 Å². The Hall–Kier alpha value is -3.07. The number of carbonyl (C=O) groups is 3. The molecule has 0 atom stereocenters. The zero-order valence-corrected chi connectivity index (χ0v) is 14.2. The Balaban J connectivity index is 1.91. The van der Waals surface area contributed by atoms with Gasteiger partial charge in [-0.25, -0.2) is 17.6 Å². The Bertz CT molecular complexity index is 1010. The summed E-state index contributed by atoms with van der Waals surface area (Å²) in [7, 11) is -3.69. The molecule has 0 aromatic heterocycles. The lowest BCUT2D eigenvalue weighted by molar-refractivity contribution is -0.0587. The molecule has 0 aliphatic carbocycles. The van der Waals surface area contributed by atoms with Crippen molar-refractivity contribution in [2.75, 3.05) is 5.75 Å². The highest BCUT2D eigenvalue weighted by atomic mass is 32.2. The van der Waals surface area contributed by atoms with Crippen molar-refractivity contribution in [2.24, 2.45) is 0 Å². The molecule has 134 valence electrons. The van der Waals surface area contributed by atoms with Crippen molar-refractivity contribution in [1.82, 2.24) is 5.06 Å². The van der Waals surface area contributed by atoms with Crippen LogP contribution in [-0.4, -0.2) is 37.0 Å². The van der Waals surface area contributed by atoms with Crippen LogP contribution in [0.4, 0.5) is 4.39 Å². The number of hydrogen-bond acceptors (Lipinski definition) is 6. The first-order valence-electron chi connectivity index (χ1n) is 7.48. The van der Waals surface area contributed by atoms with Crippen LogP contribution in [0.15, 0.2) is 47.4 Å². The number of hydrogen-bond donors (Lipinski definition) is 0. The van der Waals surface area contributed by atoms with Crippen molar-refractivity contribution in [1.29, 1.82) is 0 Å². The fourth-order valence-corrected chi connectivity index (χ4v) is 3.31. The van der Waals surface area contributed by atoms with Crippen LogP contribution in [0.2, 0.25) is 0 Å². The molecule has 0 saturated heterocycles. The standard InChI is InChI=1S/C17H12FNO6S/c1-2-26(23,24)10-7-8-14(18)13(9-10)17(22)25-19-15(20)11-5-3-4-6-12(11)16(19)21/h3-9H,2H2,1H3. The molecule has 2 amide bonds. The summed E-state index contributed by atoms with van der Waals surface area (Å²) in [6.45, 7) is 1.40.